The van der Waals surface area contributed by atoms with Crippen molar-refractivity contribution >= 4 is 91.3 Å². The van der Waals surface area contributed by atoms with Crippen LogP contribution in [0.15, 0.2) is 65.8 Å². The van der Waals surface area contributed by atoms with Crippen LogP contribution >= 0.6 is 0 Å². The molecule has 0 fully saturated rings. The summed E-state index contributed by atoms with van der Waals surface area (Å²) in [6.07, 6.45) is 64.7. The second kappa shape index (κ2) is 60.8. The maximum Gasteiger partial charge on any atom is 0.179 e. The molecule has 0 saturated carbocycles. The lowest BCUT2D eigenvalue weighted by Gasteiger charge is -2.20. The molecule has 0 spiro atoms. The zero-order chi connectivity index (χ0) is 83.1. The summed E-state index contributed by atoms with van der Waals surface area (Å²) >= 11 is 0. The van der Waals surface area contributed by atoms with E-state index in [1.165, 1.54) is 190 Å². The summed E-state index contributed by atoms with van der Waals surface area (Å²) in [4.78, 5) is -2.58. The van der Waals surface area contributed by atoms with E-state index in [0.717, 1.165) is 193 Å². The van der Waals surface area contributed by atoms with Gasteiger partial charge < -0.3 is 0 Å². The van der Waals surface area contributed by atoms with Crippen molar-refractivity contribution in [3.05, 3.63) is 36.4 Å². The van der Waals surface area contributed by atoms with Gasteiger partial charge in [0.1, 0.15) is 0 Å². The van der Waals surface area contributed by atoms with Crippen molar-refractivity contribution in [2.45, 2.75) is 495 Å². The standard InChI is InChI=1S/C96H168O12S6/c1-7-13-19-25-31-37-43-49-55-61-67-73-109(97,98)91-79-85-86(80-92(91)110(99,100)74-68-62-56-50-44-38-32-26-20-14-8-2)88-82-94(112(103,104)76-70-64-58-52-46-40-34-28-22-16-10-4)96(114(107,108)78-72-66-60-54-48-42-36-30-24-18-12-6)84-90(88)89-83-95(113(105,106)77-71-65-59-53-47-41-35-29-23-17-11-5)93(81-87(85)89)111(101,102)75-69-63-57-51-45-39-33-27-21-15-9-3/h79-84H,7-78H2,1-6H3. The minimum atomic E-state index is -4.45. The quantitative estimate of drug-likeness (QED) is 0.0299. The smallest absolute Gasteiger partial charge is 0.179 e. The molecule has 0 radical (unpaired) electrons. The molecule has 12 nitrogen and oxygen atoms in total. The molecular formula is C96H168O12S6. The Balaban J connectivity index is 2.09. The molecule has 0 aromatic heterocycles. The Morgan fingerprint density at radius 2 is 0.211 bits per heavy atom. The zero-order valence-electron chi connectivity index (χ0n) is 73.7. The van der Waals surface area contributed by atoms with Gasteiger partial charge in [0.15, 0.2) is 59.0 Å². The second-order valence-electron chi connectivity index (χ2n) is 34.7. The first-order valence-electron chi connectivity index (χ1n) is 47.9. The van der Waals surface area contributed by atoms with Gasteiger partial charge in [-0.3, -0.25) is 0 Å². The first-order chi connectivity index (χ1) is 55.0. The Labute approximate surface area is 702 Å². The molecule has 18 heteroatoms. The van der Waals surface area contributed by atoms with E-state index in [9.17, 15) is 0 Å². The molecule has 0 heterocycles. The van der Waals surface area contributed by atoms with Gasteiger partial charge in [-0.1, -0.05) is 427 Å². The molecule has 0 aliphatic carbocycles. The Morgan fingerprint density at radius 1 is 0.132 bits per heavy atom. The lowest BCUT2D eigenvalue weighted by molar-refractivity contribution is 0.549. The van der Waals surface area contributed by atoms with Crippen LogP contribution in [0.5, 0.6) is 0 Å². The van der Waals surface area contributed by atoms with E-state index in [0.29, 0.717) is 38.5 Å². The maximum atomic E-state index is 15.5. The Kier molecular flexibility index (Phi) is 55.3. The van der Waals surface area contributed by atoms with E-state index in [2.05, 4.69) is 41.5 Å². The van der Waals surface area contributed by atoms with Crippen molar-refractivity contribution in [1.29, 1.82) is 0 Å². The number of fused-ring (bicyclic) bond motifs is 6. The molecule has 0 atom stereocenters. The highest BCUT2D eigenvalue weighted by atomic mass is 32.2. The lowest BCUT2D eigenvalue weighted by Crippen LogP contribution is -2.17. The lowest BCUT2D eigenvalue weighted by atomic mass is 9.94. The minimum Gasteiger partial charge on any atom is -0.224 e. The third-order valence-corrected chi connectivity index (χ3v) is 35.6. The van der Waals surface area contributed by atoms with Gasteiger partial charge in [-0.25, -0.2) is 50.5 Å². The fourth-order valence-corrected chi connectivity index (χ4v) is 28.0. The van der Waals surface area contributed by atoms with Crippen LogP contribution in [0.25, 0.3) is 32.3 Å². The summed E-state index contributed by atoms with van der Waals surface area (Å²) in [5.74, 6) is -2.14. The Bertz CT molecular complexity index is 3250. The van der Waals surface area contributed by atoms with Crippen LogP contribution in [0, 0.1) is 0 Å². The van der Waals surface area contributed by atoms with Crippen molar-refractivity contribution in [2.75, 3.05) is 34.5 Å². The van der Waals surface area contributed by atoms with Crippen molar-refractivity contribution in [3.63, 3.8) is 0 Å². The van der Waals surface area contributed by atoms with Crippen LogP contribution in [0.3, 0.4) is 0 Å². The molecule has 660 valence electrons. The molecular weight excluding hydrogens is 1540 g/mol. The normalized spacial score (nSPS) is 12.8. The van der Waals surface area contributed by atoms with Gasteiger partial charge in [-0.15, -0.1) is 0 Å². The van der Waals surface area contributed by atoms with Crippen LogP contribution in [0.1, 0.15) is 465 Å². The first-order valence-corrected chi connectivity index (χ1v) is 57.8. The van der Waals surface area contributed by atoms with Crippen LogP contribution in [-0.2, 0) is 59.0 Å². The number of hydrogen-bond acceptors (Lipinski definition) is 12. The molecule has 0 amide bonds. The van der Waals surface area contributed by atoms with Gasteiger partial charge in [0.2, 0.25) is 0 Å². The van der Waals surface area contributed by atoms with Crippen LogP contribution in [-0.4, -0.2) is 85.0 Å². The molecule has 0 aliphatic rings. The molecule has 4 aromatic carbocycles. The largest absolute Gasteiger partial charge is 0.224 e. The number of hydrogen-bond donors (Lipinski definition) is 0. The van der Waals surface area contributed by atoms with Crippen LogP contribution in [0.4, 0.5) is 0 Å². The molecule has 0 saturated heterocycles. The van der Waals surface area contributed by atoms with E-state index in [4.69, 9.17) is 0 Å². The zero-order valence-corrected chi connectivity index (χ0v) is 78.6. The highest BCUT2D eigenvalue weighted by molar-refractivity contribution is 7.95. The number of rotatable bonds is 78. The highest BCUT2D eigenvalue weighted by Gasteiger charge is 2.34. The molecule has 0 unspecified atom stereocenters. The maximum absolute atomic E-state index is 15.5. The van der Waals surface area contributed by atoms with E-state index < -0.39 is 88.4 Å². The first kappa shape index (κ1) is 104. The summed E-state index contributed by atoms with van der Waals surface area (Å²) in [5, 5.41) is 0.635. The SMILES string of the molecule is CCCCCCCCCCCCCS(=O)(=O)c1cc2c3cc(S(=O)(=O)CCCCCCCCCCCCC)c(S(=O)(=O)CCCCCCCCCCCCC)cc3c3cc(S(=O)(=O)CCCCCCCCCCCCC)c(S(=O)(=O)CCCCCCCCCCCCC)cc3c2cc1S(=O)(=O)CCCCCCCCCCCCC. The van der Waals surface area contributed by atoms with Crippen molar-refractivity contribution in [2.24, 2.45) is 0 Å². The fraction of sp³-hybridized carbons (Fsp3) is 0.812. The average Bonchev–Trinajstić information content (AvgIpc) is 0.705. The predicted octanol–water partition coefficient (Wildman–Crippen LogP) is 29.7. The fourth-order valence-electron chi connectivity index (χ4n) is 16.9. The van der Waals surface area contributed by atoms with Gasteiger partial charge in [0.05, 0.1) is 63.9 Å². The predicted molar refractivity (Wildman–Crippen MR) is 490 cm³/mol. The summed E-state index contributed by atoms with van der Waals surface area (Å²) < 4.78 is 186. The van der Waals surface area contributed by atoms with E-state index in [1.54, 1.807) is 0 Å². The second-order valence-corrected chi connectivity index (χ2v) is 47.1. The third-order valence-electron chi connectivity index (χ3n) is 24.2. The highest BCUT2D eigenvalue weighted by Crippen LogP contribution is 2.45. The summed E-state index contributed by atoms with van der Waals surface area (Å²) in [7, 11) is -26.7. The summed E-state index contributed by atoms with van der Waals surface area (Å²) in [5.41, 5.74) is 0. The summed E-state index contributed by atoms with van der Waals surface area (Å²) in [6, 6.07) is 8.05. The summed E-state index contributed by atoms with van der Waals surface area (Å²) in [6.45, 7) is 13.2. The van der Waals surface area contributed by atoms with Crippen LogP contribution < -0.4 is 0 Å². The third kappa shape index (κ3) is 40.8. The number of unbranched alkanes of at least 4 members (excludes halogenated alkanes) is 60. The number of sulfone groups is 6. The van der Waals surface area contributed by atoms with Crippen molar-refractivity contribution < 1.29 is 50.5 Å². The molecule has 0 N–H and O–H groups in total. The van der Waals surface area contributed by atoms with E-state index in [-0.39, 0.29) is 105 Å². The number of benzene rings is 4. The van der Waals surface area contributed by atoms with Gasteiger partial charge in [-0.2, -0.15) is 0 Å². The average molecular weight is 1710 g/mol. The Hall–Kier alpha value is -2.64. The topological polar surface area (TPSA) is 205 Å². The molecule has 0 aliphatic heterocycles. The van der Waals surface area contributed by atoms with E-state index >= 15 is 50.5 Å². The molecule has 4 aromatic rings. The molecule has 114 heavy (non-hydrogen) atoms. The molecule has 4 rings (SSSR count). The van der Waals surface area contributed by atoms with Gasteiger partial charge in [0, 0.05) is 0 Å². The van der Waals surface area contributed by atoms with Crippen molar-refractivity contribution in [3.8, 4) is 0 Å². The van der Waals surface area contributed by atoms with Crippen LogP contribution in [0.2, 0.25) is 0 Å². The van der Waals surface area contributed by atoms with Gasteiger partial charge >= 0.3 is 0 Å². The van der Waals surface area contributed by atoms with Gasteiger partial charge in [0.25, 0.3) is 0 Å². The van der Waals surface area contributed by atoms with E-state index in [1.807, 2.05) is 0 Å². The molecule has 0 bridgehead atoms. The monoisotopic (exact) mass is 1710 g/mol. The van der Waals surface area contributed by atoms with Gasteiger partial charge in [-0.05, 0) is 107 Å². The Morgan fingerprint density at radius 3 is 0.298 bits per heavy atom. The van der Waals surface area contributed by atoms with Crippen molar-refractivity contribution in [1.82, 2.24) is 0 Å². The minimum absolute atomic E-state index is 0.106.